The van der Waals surface area contributed by atoms with Gasteiger partial charge in [0.2, 0.25) is 0 Å². The molecule has 1 aromatic rings. The molecule has 2 amide bonds. The monoisotopic (exact) mass is 428 g/mol. The standard InChI is InChI=1S/C19H29BrN2O4/c1-12-10-13(20)8-9-14(12)21-17(24)22-15(11-25-18(2,3)4)16(23)26-19(5,6)7/h8-10,15H,11H2,1-7H3,(H2,21,22,24). The number of aryl methyl sites for hydroxylation is 1. The van der Waals surface area contributed by atoms with Crippen molar-refractivity contribution in [1.82, 2.24) is 5.32 Å². The van der Waals surface area contributed by atoms with Gasteiger partial charge < -0.3 is 20.1 Å². The van der Waals surface area contributed by atoms with Crippen molar-refractivity contribution in [2.24, 2.45) is 0 Å². The Labute approximate surface area is 164 Å². The van der Waals surface area contributed by atoms with E-state index >= 15 is 0 Å². The molecule has 0 aliphatic rings. The van der Waals surface area contributed by atoms with Crippen molar-refractivity contribution in [1.29, 1.82) is 0 Å². The molecule has 0 radical (unpaired) electrons. The van der Waals surface area contributed by atoms with Crippen molar-refractivity contribution in [3.8, 4) is 0 Å². The maximum absolute atomic E-state index is 12.4. The van der Waals surface area contributed by atoms with E-state index in [0.717, 1.165) is 10.0 Å². The molecule has 0 bridgehead atoms. The summed E-state index contributed by atoms with van der Waals surface area (Å²) in [6.07, 6.45) is 0. The number of benzene rings is 1. The zero-order valence-electron chi connectivity index (χ0n) is 16.5. The molecule has 0 saturated heterocycles. The molecule has 0 fully saturated rings. The number of amides is 2. The number of urea groups is 1. The number of carbonyl (C=O) groups is 2. The van der Waals surface area contributed by atoms with Crippen LogP contribution in [0.15, 0.2) is 22.7 Å². The van der Waals surface area contributed by atoms with Gasteiger partial charge in [0.05, 0.1) is 12.2 Å². The van der Waals surface area contributed by atoms with Gasteiger partial charge in [0, 0.05) is 10.2 Å². The lowest BCUT2D eigenvalue weighted by atomic mass is 10.1. The lowest BCUT2D eigenvalue weighted by Gasteiger charge is -2.27. The Morgan fingerprint density at radius 2 is 1.73 bits per heavy atom. The number of carbonyl (C=O) groups excluding carboxylic acids is 2. The minimum Gasteiger partial charge on any atom is -0.458 e. The Kier molecular flexibility index (Phi) is 7.65. The highest BCUT2D eigenvalue weighted by molar-refractivity contribution is 9.10. The van der Waals surface area contributed by atoms with Crippen LogP contribution >= 0.6 is 15.9 Å². The number of nitrogens with one attached hydrogen (secondary N) is 2. The van der Waals surface area contributed by atoms with Crippen molar-refractivity contribution < 1.29 is 19.1 Å². The quantitative estimate of drug-likeness (QED) is 0.681. The van der Waals surface area contributed by atoms with Gasteiger partial charge in [-0.05, 0) is 72.2 Å². The Balaban J connectivity index is 2.82. The van der Waals surface area contributed by atoms with Gasteiger partial charge >= 0.3 is 12.0 Å². The number of ether oxygens (including phenoxy) is 2. The first kappa shape index (κ1) is 22.4. The fraction of sp³-hybridized carbons (Fsp3) is 0.579. The van der Waals surface area contributed by atoms with Crippen LogP contribution in [0.3, 0.4) is 0 Å². The van der Waals surface area contributed by atoms with Crippen LogP contribution < -0.4 is 10.6 Å². The van der Waals surface area contributed by atoms with E-state index in [1.807, 2.05) is 39.8 Å². The Bertz CT molecular complexity index is 648. The summed E-state index contributed by atoms with van der Waals surface area (Å²) in [4.78, 5) is 24.8. The van der Waals surface area contributed by atoms with E-state index in [9.17, 15) is 9.59 Å². The van der Waals surface area contributed by atoms with Gasteiger partial charge in [-0.1, -0.05) is 15.9 Å². The third-order valence-electron chi connectivity index (χ3n) is 3.12. The first-order valence-corrected chi connectivity index (χ1v) is 9.26. The molecule has 1 unspecified atom stereocenters. The first-order valence-electron chi connectivity index (χ1n) is 8.47. The van der Waals surface area contributed by atoms with Gasteiger partial charge in [0.15, 0.2) is 6.04 Å². The van der Waals surface area contributed by atoms with Gasteiger partial charge in [0.25, 0.3) is 0 Å². The number of halogens is 1. The van der Waals surface area contributed by atoms with E-state index in [-0.39, 0.29) is 6.61 Å². The second-order valence-electron chi connectivity index (χ2n) is 8.07. The van der Waals surface area contributed by atoms with E-state index in [2.05, 4.69) is 26.6 Å². The second-order valence-corrected chi connectivity index (χ2v) is 8.98. The highest BCUT2D eigenvalue weighted by Crippen LogP contribution is 2.20. The highest BCUT2D eigenvalue weighted by Gasteiger charge is 2.28. The molecule has 1 atom stereocenters. The smallest absolute Gasteiger partial charge is 0.331 e. The highest BCUT2D eigenvalue weighted by atomic mass is 79.9. The number of hydrogen-bond acceptors (Lipinski definition) is 4. The topological polar surface area (TPSA) is 76.7 Å². The molecule has 0 spiro atoms. The van der Waals surface area contributed by atoms with Gasteiger partial charge in [-0.3, -0.25) is 0 Å². The van der Waals surface area contributed by atoms with Crippen LogP contribution in [-0.4, -0.2) is 35.9 Å². The maximum atomic E-state index is 12.4. The molecule has 146 valence electrons. The summed E-state index contributed by atoms with van der Waals surface area (Å²) in [5.74, 6) is -0.538. The molecule has 0 saturated carbocycles. The van der Waals surface area contributed by atoms with Crippen molar-refractivity contribution in [3.05, 3.63) is 28.2 Å². The minimum atomic E-state index is -0.913. The SMILES string of the molecule is Cc1cc(Br)ccc1NC(=O)NC(COC(C)(C)C)C(=O)OC(C)(C)C. The summed E-state index contributed by atoms with van der Waals surface area (Å²) in [7, 11) is 0. The lowest BCUT2D eigenvalue weighted by molar-refractivity contribution is -0.160. The van der Waals surface area contributed by atoms with Crippen LogP contribution in [-0.2, 0) is 14.3 Å². The zero-order chi connectivity index (χ0) is 20.1. The molecule has 1 rings (SSSR count). The molecule has 0 heterocycles. The van der Waals surface area contributed by atoms with Crippen molar-refractivity contribution in [3.63, 3.8) is 0 Å². The average molecular weight is 429 g/mol. The van der Waals surface area contributed by atoms with Crippen LogP contribution in [0.2, 0.25) is 0 Å². The fourth-order valence-corrected chi connectivity index (χ4v) is 2.43. The molecule has 2 N–H and O–H groups in total. The molecule has 26 heavy (non-hydrogen) atoms. The van der Waals surface area contributed by atoms with Crippen LogP contribution in [0.25, 0.3) is 0 Å². The van der Waals surface area contributed by atoms with E-state index in [1.165, 1.54) is 0 Å². The third-order valence-corrected chi connectivity index (χ3v) is 3.61. The average Bonchev–Trinajstić information content (AvgIpc) is 2.43. The summed E-state index contributed by atoms with van der Waals surface area (Å²) in [5.41, 5.74) is 0.456. The molecular weight excluding hydrogens is 400 g/mol. The molecule has 6 nitrogen and oxygen atoms in total. The molecular formula is C19H29BrN2O4. The fourth-order valence-electron chi connectivity index (χ4n) is 1.96. The van der Waals surface area contributed by atoms with E-state index in [0.29, 0.717) is 5.69 Å². The molecule has 0 aliphatic heterocycles. The second kappa shape index (κ2) is 8.86. The summed E-state index contributed by atoms with van der Waals surface area (Å²) in [6, 6.07) is 4.10. The van der Waals surface area contributed by atoms with Crippen LogP contribution in [0.1, 0.15) is 47.1 Å². The summed E-state index contributed by atoms with van der Waals surface area (Å²) in [6.45, 7) is 12.9. The first-order chi connectivity index (χ1) is 11.8. The van der Waals surface area contributed by atoms with Gasteiger partial charge in [-0.15, -0.1) is 0 Å². The number of hydrogen-bond donors (Lipinski definition) is 2. The van der Waals surface area contributed by atoms with Crippen LogP contribution in [0, 0.1) is 6.92 Å². The molecule has 1 aromatic carbocycles. The van der Waals surface area contributed by atoms with Gasteiger partial charge in [-0.25, -0.2) is 9.59 Å². The zero-order valence-corrected chi connectivity index (χ0v) is 18.1. The Morgan fingerprint density at radius 1 is 1.12 bits per heavy atom. The molecule has 0 aliphatic carbocycles. The number of anilines is 1. The molecule has 0 aromatic heterocycles. The maximum Gasteiger partial charge on any atom is 0.331 e. The van der Waals surface area contributed by atoms with Crippen LogP contribution in [0.5, 0.6) is 0 Å². The number of rotatable bonds is 5. The largest absolute Gasteiger partial charge is 0.458 e. The predicted octanol–water partition coefficient (Wildman–Crippen LogP) is 4.40. The summed E-state index contributed by atoms with van der Waals surface area (Å²) in [5, 5.41) is 5.39. The minimum absolute atomic E-state index is 0.0190. The van der Waals surface area contributed by atoms with Gasteiger partial charge in [-0.2, -0.15) is 0 Å². The predicted molar refractivity (Wildman–Crippen MR) is 106 cm³/mol. The molecule has 7 heteroatoms. The third kappa shape index (κ3) is 8.67. The van der Waals surface area contributed by atoms with Crippen molar-refractivity contribution in [2.45, 2.75) is 65.7 Å². The summed E-state index contributed by atoms with van der Waals surface area (Å²) >= 11 is 3.38. The number of esters is 1. The van der Waals surface area contributed by atoms with Crippen molar-refractivity contribution in [2.75, 3.05) is 11.9 Å². The van der Waals surface area contributed by atoms with Gasteiger partial charge in [0.1, 0.15) is 5.60 Å². The van der Waals surface area contributed by atoms with Crippen LogP contribution in [0.4, 0.5) is 10.5 Å². The van der Waals surface area contributed by atoms with E-state index in [4.69, 9.17) is 9.47 Å². The Hall–Kier alpha value is -1.60. The van der Waals surface area contributed by atoms with E-state index < -0.39 is 29.2 Å². The van der Waals surface area contributed by atoms with Crippen molar-refractivity contribution >= 4 is 33.6 Å². The lowest BCUT2D eigenvalue weighted by Crippen LogP contribution is -2.49. The Morgan fingerprint density at radius 3 is 2.23 bits per heavy atom. The normalized spacial score (nSPS) is 13.1. The summed E-state index contributed by atoms with van der Waals surface area (Å²) < 4.78 is 12.0. The van der Waals surface area contributed by atoms with E-state index in [1.54, 1.807) is 26.8 Å².